The van der Waals surface area contributed by atoms with Crippen molar-refractivity contribution in [3.63, 3.8) is 0 Å². The van der Waals surface area contributed by atoms with Gasteiger partial charge in [-0.25, -0.2) is 0 Å². The lowest BCUT2D eigenvalue weighted by atomic mass is 10.1. The largest absolute Gasteiger partial charge is 0.485 e. The van der Waals surface area contributed by atoms with E-state index in [9.17, 15) is 0 Å². The summed E-state index contributed by atoms with van der Waals surface area (Å²) >= 11 is 0. The lowest BCUT2D eigenvalue weighted by Crippen LogP contribution is -2.22. The van der Waals surface area contributed by atoms with E-state index in [1.54, 1.807) is 0 Å². The normalized spacial score (nSPS) is 17.1. The van der Waals surface area contributed by atoms with Crippen molar-refractivity contribution in [1.29, 1.82) is 0 Å². The average molecular weight is 263 g/mol. The smallest absolute Gasteiger partial charge is 0.175 e. The summed E-state index contributed by atoms with van der Waals surface area (Å²) < 4.78 is 11.8. The van der Waals surface area contributed by atoms with E-state index in [-0.39, 0.29) is 6.10 Å². The molecule has 0 bridgehead atoms. The summed E-state index contributed by atoms with van der Waals surface area (Å²) in [6, 6.07) is 17.9. The molecule has 0 saturated heterocycles. The second-order valence-corrected chi connectivity index (χ2v) is 4.78. The van der Waals surface area contributed by atoms with Crippen LogP contribution in [0.25, 0.3) is 10.8 Å². The maximum atomic E-state index is 6.04. The van der Waals surface area contributed by atoms with E-state index in [0.29, 0.717) is 6.61 Å². The van der Waals surface area contributed by atoms with Gasteiger partial charge in [0.25, 0.3) is 0 Å². The molecule has 0 aliphatic carbocycles. The van der Waals surface area contributed by atoms with Crippen molar-refractivity contribution in [3.8, 4) is 11.5 Å². The van der Waals surface area contributed by atoms with Gasteiger partial charge in [-0.15, -0.1) is 0 Å². The second kappa shape index (κ2) is 4.53. The Labute approximate surface area is 116 Å². The van der Waals surface area contributed by atoms with Crippen molar-refractivity contribution in [2.24, 2.45) is 0 Å². The molecule has 2 aromatic carbocycles. The molecule has 1 aliphatic heterocycles. The van der Waals surface area contributed by atoms with E-state index in [0.717, 1.165) is 22.6 Å². The summed E-state index contributed by atoms with van der Waals surface area (Å²) in [6.45, 7) is 0.484. The molecule has 20 heavy (non-hydrogen) atoms. The van der Waals surface area contributed by atoms with Crippen molar-refractivity contribution in [3.05, 3.63) is 66.5 Å². The Balaban J connectivity index is 1.78. The van der Waals surface area contributed by atoms with Crippen LogP contribution in [0.3, 0.4) is 0 Å². The number of fused-ring (bicyclic) bond motifs is 2. The fourth-order valence-electron chi connectivity index (χ4n) is 2.55. The van der Waals surface area contributed by atoms with Crippen LogP contribution < -0.4 is 9.47 Å². The van der Waals surface area contributed by atoms with Crippen molar-refractivity contribution in [1.82, 2.24) is 4.98 Å². The van der Waals surface area contributed by atoms with Crippen LogP contribution in [0.2, 0.25) is 0 Å². The number of para-hydroxylation sites is 2. The van der Waals surface area contributed by atoms with Crippen molar-refractivity contribution in [2.75, 3.05) is 6.61 Å². The van der Waals surface area contributed by atoms with Crippen LogP contribution in [0.15, 0.2) is 60.8 Å². The predicted molar refractivity (Wildman–Crippen MR) is 77.0 cm³/mol. The van der Waals surface area contributed by atoms with Gasteiger partial charge in [-0.2, -0.15) is 0 Å². The fourth-order valence-corrected chi connectivity index (χ4v) is 2.55. The highest BCUT2D eigenvalue weighted by Gasteiger charge is 2.24. The molecule has 98 valence electrons. The molecule has 1 aromatic heterocycles. The highest BCUT2D eigenvalue weighted by atomic mass is 16.6. The first-order chi connectivity index (χ1) is 9.92. The van der Waals surface area contributed by atoms with E-state index >= 15 is 0 Å². The highest BCUT2D eigenvalue weighted by Crippen LogP contribution is 2.36. The minimum absolute atomic E-state index is 0.170. The lowest BCUT2D eigenvalue weighted by Gasteiger charge is -2.26. The molecular weight excluding hydrogens is 250 g/mol. The summed E-state index contributed by atoms with van der Waals surface area (Å²) in [4.78, 5) is 4.50. The highest BCUT2D eigenvalue weighted by molar-refractivity contribution is 5.84. The molecule has 0 N–H and O–H groups in total. The molecule has 3 aromatic rings. The van der Waals surface area contributed by atoms with Crippen LogP contribution in [0.1, 0.15) is 11.8 Å². The molecule has 0 spiro atoms. The molecule has 4 rings (SSSR count). The third-order valence-electron chi connectivity index (χ3n) is 3.52. The Morgan fingerprint density at radius 2 is 1.70 bits per heavy atom. The number of pyridine rings is 1. The summed E-state index contributed by atoms with van der Waals surface area (Å²) in [5, 5.41) is 2.28. The number of benzene rings is 2. The predicted octanol–water partition coefficient (Wildman–Crippen LogP) is 3.75. The molecular formula is C17H13NO2. The van der Waals surface area contributed by atoms with Gasteiger partial charge in [-0.05, 0) is 23.6 Å². The average Bonchev–Trinajstić information content (AvgIpc) is 2.54. The van der Waals surface area contributed by atoms with Gasteiger partial charge in [0.05, 0.1) is 5.69 Å². The van der Waals surface area contributed by atoms with E-state index < -0.39 is 0 Å². The zero-order valence-electron chi connectivity index (χ0n) is 10.8. The number of ether oxygens (including phenoxy) is 2. The Kier molecular flexibility index (Phi) is 2.56. The number of nitrogens with zero attached hydrogens (tertiary/aromatic N) is 1. The number of aromatic nitrogens is 1. The molecule has 2 heterocycles. The monoisotopic (exact) mass is 263 g/mol. The molecule has 0 fully saturated rings. The molecule has 0 radical (unpaired) electrons. The molecule has 0 amide bonds. The van der Waals surface area contributed by atoms with Gasteiger partial charge in [-0.3, -0.25) is 4.98 Å². The SMILES string of the molecule is c1ccc2c(c1)OCC(c1nccc3ccccc13)O2. The summed E-state index contributed by atoms with van der Waals surface area (Å²) in [6.07, 6.45) is 1.65. The number of hydrogen-bond donors (Lipinski definition) is 0. The van der Waals surface area contributed by atoms with Crippen LogP contribution in [-0.2, 0) is 0 Å². The van der Waals surface area contributed by atoms with E-state index in [1.165, 1.54) is 5.39 Å². The van der Waals surface area contributed by atoms with Crippen molar-refractivity contribution < 1.29 is 9.47 Å². The Bertz CT molecular complexity index is 764. The van der Waals surface area contributed by atoms with Gasteiger partial charge >= 0.3 is 0 Å². The number of rotatable bonds is 1. The maximum absolute atomic E-state index is 6.04. The van der Waals surface area contributed by atoms with Crippen LogP contribution in [0.4, 0.5) is 0 Å². The van der Waals surface area contributed by atoms with Crippen LogP contribution >= 0.6 is 0 Å². The third kappa shape index (κ3) is 1.79. The first kappa shape index (κ1) is 11.3. The van der Waals surface area contributed by atoms with Crippen LogP contribution in [0.5, 0.6) is 11.5 Å². The van der Waals surface area contributed by atoms with Crippen LogP contribution in [-0.4, -0.2) is 11.6 Å². The maximum Gasteiger partial charge on any atom is 0.175 e. The van der Waals surface area contributed by atoms with Gasteiger partial charge in [0, 0.05) is 11.6 Å². The van der Waals surface area contributed by atoms with Gasteiger partial charge < -0.3 is 9.47 Å². The topological polar surface area (TPSA) is 31.4 Å². The minimum atomic E-state index is -0.170. The second-order valence-electron chi connectivity index (χ2n) is 4.78. The molecule has 0 saturated carbocycles. The summed E-state index contributed by atoms with van der Waals surface area (Å²) in [5.41, 5.74) is 0.928. The van der Waals surface area contributed by atoms with Crippen LogP contribution in [0, 0.1) is 0 Å². The molecule has 1 aliphatic rings. The summed E-state index contributed by atoms with van der Waals surface area (Å²) in [5.74, 6) is 1.57. The first-order valence-corrected chi connectivity index (χ1v) is 6.64. The Hall–Kier alpha value is -2.55. The van der Waals surface area contributed by atoms with Crippen molar-refractivity contribution in [2.45, 2.75) is 6.10 Å². The standard InChI is InChI=1S/C17H13NO2/c1-2-6-13-12(5-1)9-10-18-17(13)16-11-19-14-7-3-4-8-15(14)20-16/h1-10,16H,11H2. The van der Waals surface area contributed by atoms with E-state index in [1.807, 2.05) is 48.7 Å². The van der Waals surface area contributed by atoms with E-state index in [4.69, 9.17) is 9.47 Å². The van der Waals surface area contributed by atoms with Crippen molar-refractivity contribution >= 4 is 10.8 Å². The fraction of sp³-hybridized carbons (Fsp3) is 0.118. The van der Waals surface area contributed by atoms with Gasteiger partial charge in [0.1, 0.15) is 6.61 Å². The lowest BCUT2D eigenvalue weighted by molar-refractivity contribution is 0.0894. The molecule has 3 nitrogen and oxygen atoms in total. The van der Waals surface area contributed by atoms with Gasteiger partial charge in [0.2, 0.25) is 0 Å². The minimum Gasteiger partial charge on any atom is -0.485 e. The third-order valence-corrected chi connectivity index (χ3v) is 3.52. The Morgan fingerprint density at radius 1 is 0.900 bits per heavy atom. The van der Waals surface area contributed by atoms with Gasteiger partial charge in [0.15, 0.2) is 17.6 Å². The van der Waals surface area contributed by atoms with Gasteiger partial charge in [-0.1, -0.05) is 36.4 Å². The molecule has 1 unspecified atom stereocenters. The number of hydrogen-bond acceptors (Lipinski definition) is 3. The molecule has 3 heteroatoms. The zero-order chi connectivity index (χ0) is 13.4. The Morgan fingerprint density at radius 3 is 2.65 bits per heavy atom. The quantitative estimate of drug-likeness (QED) is 0.670. The summed E-state index contributed by atoms with van der Waals surface area (Å²) in [7, 11) is 0. The first-order valence-electron chi connectivity index (χ1n) is 6.64. The molecule has 1 atom stereocenters. The van der Waals surface area contributed by atoms with E-state index in [2.05, 4.69) is 17.1 Å². The zero-order valence-corrected chi connectivity index (χ0v) is 10.8.